The average molecular weight is 305 g/mol. The van der Waals surface area contributed by atoms with E-state index in [2.05, 4.69) is 6.92 Å². The van der Waals surface area contributed by atoms with E-state index in [0.29, 0.717) is 17.1 Å². The van der Waals surface area contributed by atoms with Crippen molar-refractivity contribution < 1.29 is 4.79 Å². The van der Waals surface area contributed by atoms with Crippen LogP contribution >= 0.6 is 11.6 Å². The maximum atomic E-state index is 12.7. The molecule has 1 heterocycles. The van der Waals surface area contributed by atoms with Crippen LogP contribution < -0.4 is 0 Å². The van der Waals surface area contributed by atoms with E-state index in [9.17, 15) is 4.79 Å². The van der Waals surface area contributed by atoms with Crippen LogP contribution in [0.3, 0.4) is 0 Å². The molecule has 0 aliphatic heterocycles. The van der Waals surface area contributed by atoms with Crippen molar-refractivity contribution in [2.75, 3.05) is 6.54 Å². The third-order valence-corrected chi connectivity index (χ3v) is 3.91. The fraction of sp³-hybridized carbons (Fsp3) is 0.353. The Kier molecular flexibility index (Phi) is 5.45. The normalized spacial score (nSPS) is 10.6. The van der Waals surface area contributed by atoms with Gasteiger partial charge in [-0.25, -0.2) is 0 Å². The molecule has 0 saturated carbocycles. The van der Waals surface area contributed by atoms with Gasteiger partial charge >= 0.3 is 0 Å². The van der Waals surface area contributed by atoms with Crippen molar-refractivity contribution in [3.63, 3.8) is 0 Å². The molecule has 0 bridgehead atoms. The summed E-state index contributed by atoms with van der Waals surface area (Å²) in [5, 5.41) is 0.510. The van der Waals surface area contributed by atoms with Crippen LogP contribution in [0.5, 0.6) is 0 Å². The van der Waals surface area contributed by atoms with E-state index >= 15 is 0 Å². The predicted octanol–water partition coefficient (Wildman–Crippen LogP) is 4.12. The molecule has 112 valence electrons. The second kappa shape index (κ2) is 7.32. The smallest absolute Gasteiger partial charge is 0.255 e. The molecule has 1 aromatic heterocycles. The first-order valence-corrected chi connectivity index (χ1v) is 7.65. The number of amides is 1. The Balaban J connectivity index is 2.21. The van der Waals surface area contributed by atoms with Crippen LogP contribution in [-0.2, 0) is 13.6 Å². The molecule has 0 N–H and O–H groups in total. The molecule has 4 heteroatoms. The first-order valence-electron chi connectivity index (χ1n) is 7.27. The number of carbonyl (C=O) groups excluding carboxylic acids is 1. The van der Waals surface area contributed by atoms with Crippen molar-refractivity contribution in [2.24, 2.45) is 7.05 Å². The molecule has 0 aliphatic rings. The summed E-state index contributed by atoms with van der Waals surface area (Å²) < 4.78 is 2.04. The van der Waals surface area contributed by atoms with Crippen LogP contribution in [-0.4, -0.2) is 21.9 Å². The number of halogens is 1. The highest BCUT2D eigenvalue weighted by atomic mass is 35.5. The van der Waals surface area contributed by atoms with Crippen molar-refractivity contribution in [3.05, 3.63) is 58.9 Å². The molecule has 0 spiro atoms. The summed E-state index contributed by atoms with van der Waals surface area (Å²) in [5.74, 6) is -0.00440. The summed E-state index contributed by atoms with van der Waals surface area (Å²) in [6.07, 6.45) is 4.04. The van der Waals surface area contributed by atoms with E-state index in [1.165, 1.54) is 0 Å². The highest BCUT2D eigenvalue weighted by Gasteiger charge is 2.18. The molecule has 0 atom stereocenters. The first kappa shape index (κ1) is 15.6. The molecule has 3 nitrogen and oxygen atoms in total. The minimum Gasteiger partial charge on any atom is -0.353 e. The number of nitrogens with zero attached hydrogens (tertiary/aromatic N) is 2. The summed E-state index contributed by atoms with van der Waals surface area (Å²) >= 11 is 6.16. The Bertz CT molecular complexity index is 606. The molecule has 1 amide bonds. The average Bonchev–Trinajstić information content (AvgIpc) is 2.88. The van der Waals surface area contributed by atoms with Crippen molar-refractivity contribution in [3.8, 4) is 0 Å². The standard InChI is InChI=1S/C17H21ClN2O/c1-3-4-12-20(13-14-8-7-11-19(14)2)17(21)15-9-5-6-10-16(15)18/h5-11H,3-4,12-13H2,1-2H3. The Morgan fingerprint density at radius 2 is 2.00 bits per heavy atom. The van der Waals surface area contributed by atoms with Crippen LogP contribution in [0.25, 0.3) is 0 Å². The lowest BCUT2D eigenvalue weighted by atomic mass is 10.1. The Morgan fingerprint density at radius 3 is 2.62 bits per heavy atom. The van der Waals surface area contributed by atoms with Gasteiger partial charge in [-0.1, -0.05) is 37.1 Å². The maximum Gasteiger partial charge on any atom is 0.255 e. The van der Waals surface area contributed by atoms with E-state index in [-0.39, 0.29) is 5.91 Å². The molecule has 2 aromatic rings. The number of aryl methyl sites for hydroxylation is 1. The molecule has 0 aliphatic carbocycles. The molecule has 0 unspecified atom stereocenters. The van der Waals surface area contributed by atoms with Crippen LogP contribution in [0.15, 0.2) is 42.6 Å². The zero-order valence-corrected chi connectivity index (χ0v) is 13.3. The van der Waals surface area contributed by atoms with E-state index < -0.39 is 0 Å². The van der Waals surface area contributed by atoms with Gasteiger partial charge in [-0.3, -0.25) is 4.79 Å². The Labute approximate surface area is 131 Å². The van der Waals surface area contributed by atoms with E-state index in [1.54, 1.807) is 12.1 Å². The van der Waals surface area contributed by atoms with Crippen LogP contribution in [0.4, 0.5) is 0 Å². The molecular weight excluding hydrogens is 284 g/mol. The van der Waals surface area contributed by atoms with Gasteiger partial charge in [0.25, 0.3) is 5.91 Å². The zero-order chi connectivity index (χ0) is 15.2. The molecular formula is C17H21ClN2O. The Morgan fingerprint density at radius 1 is 1.24 bits per heavy atom. The lowest BCUT2D eigenvalue weighted by molar-refractivity contribution is 0.0737. The van der Waals surface area contributed by atoms with Crippen molar-refractivity contribution >= 4 is 17.5 Å². The number of benzene rings is 1. The SMILES string of the molecule is CCCCN(Cc1cccn1C)C(=O)c1ccccc1Cl. The van der Waals surface area contributed by atoms with Crippen molar-refractivity contribution in [2.45, 2.75) is 26.3 Å². The summed E-state index contributed by atoms with van der Waals surface area (Å²) in [7, 11) is 1.99. The molecule has 0 saturated heterocycles. The van der Waals surface area contributed by atoms with E-state index in [1.807, 2.05) is 47.0 Å². The minimum absolute atomic E-state index is 0.00440. The minimum atomic E-state index is -0.00440. The number of hydrogen-bond acceptors (Lipinski definition) is 1. The van der Waals surface area contributed by atoms with Gasteiger partial charge in [0.1, 0.15) is 0 Å². The summed E-state index contributed by atoms with van der Waals surface area (Å²) in [4.78, 5) is 14.6. The quantitative estimate of drug-likeness (QED) is 0.788. The largest absolute Gasteiger partial charge is 0.353 e. The van der Waals surface area contributed by atoms with Gasteiger partial charge in [-0.15, -0.1) is 0 Å². The monoisotopic (exact) mass is 304 g/mol. The number of rotatable bonds is 6. The van der Waals surface area contributed by atoms with Crippen molar-refractivity contribution in [1.29, 1.82) is 0 Å². The van der Waals surface area contributed by atoms with E-state index in [4.69, 9.17) is 11.6 Å². The molecule has 2 rings (SSSR count). The number of aromatic nitrogens is 1. The number of carbonyl (C=O) groups is 1. The zero-order valence-electron chi connectivity index (χ0n) is 12.6. The van der Waals surface area contributed by atoms with Crippen molar-refractivity contribution in [1.82, 2.24) is 9.47 Å². The molecule has 21 heavy (non-hydrogen) atoms. The van der Waals surface area contributed by atoms with Crippen LogP contribution in [0.1, 0.15) is 35.8 Å². The second-order valence-corrected chi connectivity index (χ2v) is 5.58. The number of unbranched alkanes of at least 4 members (excludes halogenated alkanes) is 1. The van der Waals surface area contributed by atoms with Gasteiger partial charge in [0, 0.05) is 25.5 Å². The van der Waals surface area contributed by atoms with Gasteiger partial charge in [-0.05, 0) is 30.7 Å². The third-order valence-electron chi connectivity index (χ3n) is 3.58. The first-order chi connectivity index (χ1) is 10.1. The van der Waals surface area contributed by atoms with Gasteiger partial charge in [0.2, 0.25) is 0 Å². The van der Waals surface area contributed by atoms with Gasteiger partial charge in [0.05, 0.1) is 17.1 Å². The summed E-state index contributed by atoms with van der Waals surface area (Å²) in [5.41, 5.74) is 1.69. The lowest BCUT2D eigenvalue weighted by Crippen LogP contribution is -2.32. The third kappa shape index (κ3) is 3.88. The lowest BCUT2D eigenvalue weighted by Gasteiger charge is -2.23. The Hall–Kier alpha value is -1.74. The fourth-order valence-electron chi connectivity index (χ4n) is 2.26. The van der Waals surface area contributed by atoms with Crippen LogP contribution in [0, 0.1) is 0 Å². The summed E-state index contributed by atoms with van der Waals surface area (Å²) in [6.45, 7) is 3.47. The van der Waals surface area contributed by atoms with Gasteiger partial charge in [-0.2, -0.15) is 0 Å². The fourth-order valence-corrected chi connectivity index (χ4v) is 2.48. The van der Waals surface area contributed by atoms with Gasteiger partial charge < -0.3 is 9.47 Å². The van der Waals surface area contributed by atoms with E-state index in [0.717, 1.165) is 25.1 Å². The van der Waals surface area contributed by atoms with Crippen LogP contribution in [0.2, 0.25) is 5.02 Å². The second-order valence-electron chi connectivity index (χ2n) is 5.17. The molecule has 1 aromatic carbocycles. The highest BCUT2D eigenvalue weighted by Crippen LogP contribution is 2.19. The molecule has 0 fully saturated rings. The highest BCUT2D eigenvalue weighted by molar-refractivity contribution is 6.33. The summed E-state index contributed by atoms with van der Waals surface area (Å²) in [6, 6.07) is 11.3. The topological polar surface area (TPSA) is 25.2 Å². The van der Waals surface area contributed by atoms with Gasteiger partial charge in [0.15, 0.2) is 0 Å². The predicted molar refractivity (Wildman–Crippen MR) is 86.5 cm³/mol. The number of hydrogen-bond donors (Lipinski definition) is 0. The maximum absolute atomic E-state index is 12.7. The molecule has 0 radical (unpaired) electrons.